The molecule has 0 fully saturated rings. The van der Waals surface area contributed by atoms with E-state index >= 15 is 0 Å². The number of hydrogen-bond acceptors (Lipinski definition) is 0. The van der Waals surface area contributed by atoms with E-state index in [-0.39, 0.29) is 0 Å². The quantitative estimate of drug-likeness (QED) is 0.228. The minimum absolute atomic E-state index is 0.518. The minimum Gasteiger partial charge on any atom is -0.312 e. The summed E-state index contributed by atoms with van der Waals surface area (Å²) in [5, 5.41) is 5.22. The molecule has 7 aromatic rings. The molecular weight excluding hydrogens is 472 g/mol. The summed E-state index contributed by atoms with van der Waals surface area (Å²) in [4.78, 5) is 0. The summed E-state index contributed by atoms with van der Waals surface area (Å²) in [5.74, 6) is 0.518. The third-order valence-electron chi connectivity index (χ3n) is 8.25. The number of rotatable bonds is 3. The number of aromatic nitrogens is 2. The molecule has 186 valence electrons. The molecule has 0 N–H and O–H groups in total. The van der Waals surface area contributed by atoms with Crippen LogP contribution in [0.2, 0.25) is 0 Å². The van der Waals surface area contributed by atoms with Crippen LogP contribution in [-0.2, 0) is 0 Å². The predicted molar refractivity (Wildman–Crippen MR) is 166 cm³/mol. The molecule has 0 saturated carbocycles. The van der Waals surface area contributed by atoms with Crippen molar-refractivity contribution >= 4 is 49.3 Å². The van der Waals surface area contributed by atoms with Crippen LogP contribution in [0.15, 0.2) is 133 Å². The Morgan fingerprint density at radius 2 is 1.23 bits per heavy atom. The first-order valence-corrected chi connectivity index (χ1v) is 13.8. The van der Waals surface area contributed by atoms with Gasteiger partial charge in [-0.3, -0.25) is 0 Å². The zero-order chi connectivity index (χ0) is 25.9. The Hall–Kier alpha value is -4.82. The largest absolute Gasteiger partial charge is 0.312 e. The van der Waals surface area contributed by atoms with Crippen molar-refractivity contribution in [2.24, 2.45) is 5.92 Å². The van der Waals surface area contributed by atoms with Crippen molar-refractivity contribution in [3.05, 3.63) is 133 Å². The van der Waals surface area contributed by atoms with E-state index in [1.165, 1.54) is 66.1 Å². The van der Waals surface area contributed by atoms with Crippen molar-refractivity contribution in [1.82, 2.24) is 9.13 Å². The van der Waals surface area contributed by atoms with Gasteiger partial charge in [0.15, 0.2) is 0 Å². The summed E-state index contributed by atoms with van der Waals surface area (Å²) < 4.78 is 4.96. The highest BCUT2D eigenvalue weighted by atomic mass is 15.0. The summed E-state index contributed by atoms with van der Waals surface area (Å²) >= 11 is 0. The van der Waals surface area contributed by atoms with E-state index in [0.717, 1.165) is 6.42 Å². The van der Waals surface area contributed by atoms with Crippen LogP contribution in [0.4, 0.5) is 0 Å². The van der Waals surface area contributed by atoms with Gasteiger partial charge in [-0.2, -0.15) is 0 Å². The molecule has 1 aliphatic rings. The van der Waals surface area contributed by atoms with Crippen LogP contribution in [0.25, 0.3) is 66.1 Å². The first-order valence-electron chi connectivity index (χ1n) is 13.8. The van der Waals surface area contributed by atoms with Crippen molar-refractivity contribution in [2.75, 3.05) is 0 Å². The van der Waals surface area contributed by atoms with Gasteiger partial charge in [0.2, 0.25) is 0 Å². The summed E-state index contributed by atoms with van der Waals surface area (Å²) in [6.07, 6.45) is 7.85. The SMILES string of the molecule is CC1C=CC=C(n2c3ccccc3c3ccc4c(c5ccccc5n4-c4ccc(-c5ccccc5)cc4)c32)C1. The van der Waals surface area contributed by atoms with E-state index in [2.05, 4.69) is 150 Å². The van der Waals surface area contributed by atoms with Gasteiger partial charge < -0.3 is 9.13 Å². The maximum Gasteiger partial charge on any atom is 0.0638 e. The number of nitrogens with zero attached hydrogens (tertiary/aromatic N) is 2. The van der Waals surface area contributed by atoms with Crippen molar-refractivity contribution in [3.8, 4) is 16.8 Å². The molecule has 8 rings (SSSR count). The average Bonchev–Trinajstić information content (AvgIpc) is 3.51. The van der Waals surface area contributed by atoms with Gasteiger partial charge in [0.25, 0.3) is 0 Å². The second-order valence-corrected chi connectivity index (χ2v) is 10.7. The number of benzene rings is 5. The normalized spacial score (nSPS) is 15.5. The van der Waals surface area contributed by atoms with E-state index in [0.29, 0.717) is 5.92 Å². The van der Waals surface area contributed by atoms with E-state index in [1.54, 1.807) is 0 Å². The number of para-hydroxylation sites is 2. The van der Waals surface area contributed by atoms with E-state index in [9.17, 15) is 0 Å². The average molecular weight is 501 g/mol. The molecule has 5 aromatic carbocycles. The first-order chi connectivity index (χ1) is 19.3. The van der Waals surface area contributed by atoms with Crippen molar-refractivity contribution < 1.29 is 0 Å². The summed E-state index contributed by atoms with van der Waals surface area (Å²) in [6.45, 7) is 2.30. The maximum atomic E-state index is 2.53. The maximum absolute atomic E-state index is 2.53. The van der Waals surface area contributed by atoms with Crippen LogP contribution in [0, 0.1) is 5.92 Å². The molecule has 1 unspecified atom stereocenters. The van der Waals surface area contributed by atoms with Gasteiger partial charge in [0.05, 0.1) is 22.1 Å². The number of fused-ring (bicyclic) bond motifs is 7. The molecule has 0 spiro atoms. The smallest absolute Gasteiger partial charge is 0.0638 e. The minimum atomic E-state index is 0.518. The second-order valence-electron chi connectivity index (χ2n) is 10.7. The third kappa shape index (κ3) is 3.35. The Morgan fingerprint density at radius 1 is 0.564 bits per heavy atom. The Balaban J connectivity index is 1.46. The van der Waals surface area contributed by atoms with Gasteiger partial charge in [0.1, 0.15) is 0 Å². The summed E-state index contributed by atoms with van der Waals surface area (Å²) in [5.41, 5.74) is 10.0. The summed E-state index contributed by atoms with van der Waals surface area (Å²) in [6, 6.07) is 41.9. The fourth-order valence-electron chi connectivity index (χ4n) is 6.51. The topological polar surface area (TPSA) is 9.86 Å². The van der Waals surface area contributed by atoms with Crippen molar-refractivity contribution in [2.45, 2.75) is 13.3 Å². The van der Waals surface area contributed by atoms with Gasteiger partial charge in [-0.05, 0) is 59.9 Å². The number of allylic oxidation sites excluding steroid dienone is 4. The molecule has 2 aromatic heterocycles. The molecule has 1 atom stereocenters. The van der Waals surface area contributed by atoms with Crippen LogP contribution >= 0.6 is 0 Å². The molecule has 2 heterocycles. The Bertz CT molecular complexity index is 2080. The third-order valence-corrected chi connectivity index (χ3v) is 8.25. The van der Waals surface area contributed by atoms with Crippen molar-refractivity contribution in [1.29, 1.82) is 0 Å². The second kappa shape index (κ2) is 8.61. The van der Waals surface area contributed by atoms with E-state index in [4.69, 9.17) is 0 Å². The molecular formula is C37H28N2. The van der Waals surface area contributed by atoms with Gasteiger partial charge in [-0.15, -0.1) is 0 Å². The molecule has 0 amide bonds. The molecule has 2 heteroatoms. The lowest BCUT2D eigenvalue weighted by atomic mass is 10.00. The zero-order valence-corrected chi connectivity index (χ0v) is 21.9. The Kier molecular flexibility index (Phi) is 4.90. The Morgan fingerprint density at radius 3 is 2.00 bits per heavy atom. The molecule has 0 saturated heterocycles. The monoisotopic (exact) mass is 500 g/mol. The Labute approximate surface area is 227 Å². The van der Waals surface area contributed by atoms with Crippen LogP contribution in [-0.4, -0.2) is 9.13 Å². The van der Waals surface area contributed by atoms with Crippen molar-refractivity contribution in [3.63, 3.8) is 0 Å². The first kappa shape index (κ1) is 22.2. The van der Waals surface area contributed by atoms with Gasteiger partial charge in [0, 0.05) is 32.9 Å². The molecule has 2 nitrogen and oxygen atoms in total. The lowest BCUT2D eigenvalue weighted by Gasteiger charge is -2.18. The van der Waals surface area contributed by atoms with Crippen LogP contribution in [0.5, 0.6) is 0 Å². The highest BCUT2D eigenvalue weighted by Gasteiger charge is 2.22. The lowest BCUT2D eigenvalue weighted by molar-refractivity contribution is 0.730. The van der Waals surface area contributed by atoms with Crippen LogP contribution < -0.4 is 0 Å². The molecule has 0 bridgehead atoms. The highest BCUT2D eigenvalue weighted by Crippen LogP contribution is 2.43. The summed E-state index contributed by atoms with van der Waals surface area (Å²) in [7, 11) is 0. The molecule has 1 aliphatic carbocycles. The highest BCUT2D eigenvalue weighted by molar-refractivity contribution is 6.26. The van der Waals surface area contributed by atoms with E-state index in [1.807, 2.05) is 0 Å². The molecule has 0 aliphatic heterocycles. The standard InChI is InChI=1S/C37H28N2/c1-25-10-9-13-29(24-25)39-33-16-7-5-14-30(33)31-22-23-35-36(37(31)39)32-15-6-8-17-34(32)38(35)28-20-18-27(19-21-28)26-11-3-2-4-12-26/h2-23,25H,24H2,1H3. The van der Waals surface area contributed by atoms with E-state index < -0.39 is 0 Å². The van der Waals surface area contributed by atoms with Crippen LogP contribution in [0.3, 0.4) is 0 Å². The fraction of sp³-hybridized carbons (Fsp3) is 0.0811. The predicted octanol–water partition coefficient (Wildman–Crippen LogP) is 10.00. The van der Waals surface area contributed by atoms with Crippen LogP contribution in [0.1, 0.15) is 13.3 Å². The van der Waals surface area contributed by atoms with Gasteiger partial charge in [-0.1, -0.05) is 104 Å². The molecule has 0 radical (unpaired) electrons. The fourth-order valence-corrected chi connectivity index (χ4v) is 6.51. The lowest BCUT2D eigenvalue weighted by Crippen LogP contribution is -2.04. The number of hydrogen-bond donors (Lipinski definition) is 0. The molecule has 39 heavy (non-hydrogen) atoms. The van der Waals surface area contributed by atoms with Gasteiger partial charge >= 0.3 is 0 Å². The van der Waals surface area contributed by atoms with Gasteiger partial charge in [-0.25, -0.2) is 0 Å². The zero-order valence-electron chi connectivity index (χ0n) is 21.9.